The molecule has 8 heteroatoms. The molecule has 0 aliphatic carbocycles. The molecule has 3 rings (SSSR count). The van der Waals surface area contributed by atoms with Crippen molar-refractivity contribution in [1.82, 2.24) is 9.55 Å². The zero-order valence-corrected chi connectivity index (χ0v) is 16.8. The van der Waals surface area contributed by atoms with E-state index in [4.69, 9.17) is 5.14 Å². The van der Waals surface area contributed by atoms with Gasteiger partial charge in [0.15, 0.2) is 5.16 Å². The van der Waals surface area contributed by atoms with Crippen LogP contribution in [0.15, 0.2) is 52.4 Å². The molecule has 0 aliphatic rings. The summed E-state index contributed by atoms with van der Waals surface area (Å²) in [6.07, 6.45) is 0.388. The second-order valence-electron chi connectivity index (χ2n) is 6.36. The summed E-state index contributed by atoms with van der Waals surface area (Å²) >= 11 is 1.36. The first-order chi connectivity index (χ1) is 12.8. The molecule has 6 nitrogen and oxygen atoms in total. The molecule has 3 aromatic rings. The van der Waals surface area contributed by atoms with Gasteiger partial charge in [0.25, 0.3) is 5.56 Å². The fourth-order valence-corrected chi connectivity index (χ4v) is 4.66. The number of benzene rings is 2. The smallest absolute Gasteiger partial charge is 0.266 e. The molecule has 2 aromatic carbocycles. The summed E-state index contributed by atoms with van der Waals surface area (Å²) in [6.45, 7) is 3.92. The van der Waals surface area contributed by atoms with Crippen LogP contribution in [0.4, 0.5) is 0 Å². The summed E-state index contributed by atoms with van der Waals surface area (Å²) in [5.74, 6) is 0.396. The van der Waals surface area contributed by atoms with Crippen LogP contribution in [0.5, 0.6) is 0 Å². The lowest BCUT2D eigenvalue weighted by atomic mass is 10.1. The average Bonchev–Trinajstić information content (AvgIpc) is 2.60. The lowest BCUT2D eigenvalue weighted by Gasteiger charge is -2.17. The Morgan fingerprint density at radius 1 is 1.07 bits per heavy atom. The Balaban J connectivity index is 2.12. The zero-order valence-electron chi connectivity index (χ0n) is 15.2. The van der Waals surface area contributed by atoms with Crippen molar-refractivity contribution in [2.24, 2.45) is 5.14 Å². The van der Waals surface area contributed by atoms with Gasteiger partial charge in [-0.05, 0) is 43.5 Å². The second kappa shape index (κ2) is 7.84. The zero-order chi connectivity index (χ0) is 19.6. The van der Waals surface area contributed by atoms with Gasteiger partial charge in [-0.15, -0.1) is 0 Å². The van der Waals surface area contributed by atoms with Crippen molar-refractivity contribution < 1.29 is 8.42 Å². The highest BCUT2D eigenvalue weighted by molar-refractivity contribution is 7.99. The van der Waals surface area contributed by atoms with Crippen LogP contribution in [-0.2, 0) is 10.0 Å². The van der Waals surface area contributed by atoms with E-state index in [-0.39, 0.29) is 11.3 Å². The summed E-state index contributed by atoms with van der Waals surface area (Å²) in [7, 11) is -3.50. The van der Waals surface area contributed by atoms with Crippen molar-refractivity contribution in [2.75, 3.05) is 11.5 Å². The van der Waals surface area contributed by atoms with Crippen molar-refractivity contribution >= 4 is 32.7 Å². The molecule has 27 heavy (non-hydrogen) atoms. The fourth-order valence-electron chi connectivity index (χ4n) is 2.99. The molecule has 1 aromatic heterocycles. The molecule has 0 aliphatic heterocycles. The molecule has 0 saturated carbocycles. The van der Waals surface area contributed by atoms with E-state index in [9.17, 15) is 13.2 Å². The van der Waals surface area contributed by atoms with Crippen LogP contribution < -0.4 is 10.7 Å². The molecule has 0 bridgehead atoms. The summed E-state index contributed by atoms with van der Waals surface area (Å²) in [4.78, 5) is 17.9. The molecule has 0 amide bonds. The number of aromatic nitrogens is 2. The number of fused-ring (bicyclic) bond motifs is 1. The minimum Gasteiger partial charge on any atom is -0.268 e. The predicted octanol–water partition coefficient (Wildman–Crippen LogP) is 2.77. The van der Waals surface area contributed by atoms with Crippen molar-refractivity contribution in [2.45, 2.75) is 25.4 Å². The maximum Gasteiger partial charge on any atom is 0.266 e. The van der Waals surface area contributed by atoms with E-state index in [0.717, 1.165) is 16.8 Å². The predicted molar refractivity (Wildman–Crippen MR) is 110 cm³/mol. The van der Waals surface area contributed by atoms with Crippen LogP contribution in [-0.4, -0.2) is 29.5 Å². The van der Waals surface area contributed by atoms with Crippen LogP contribution in [0.25, 0.3) is 16.6 Å². The van der Waals surface area contributed by atoms with E-state index in [1.165, 1.54) is 11.8 Å². The third-order valence-corrected chi connectivity index (χ3v) is 6.09. The van der Waals surface area contributed by atoms with Crippen molar-refractivity contribution in [3.63, 3.8) is 0 Å². The molecule has 142 valence electrons. The Hall–Kier alpha value is -2.16. The highest BCUT2D eigenvalue weighted by Gasteiger charge is 2.16. The quantitative estimate of drug-likeness (QED) is 0.388. The number of hydrogen-bond donors (Lipinski definition) is 1. The first-order valence-electron chi connectivity index (χ1n) is 8.49. The van der Waals surface area contributed by atoms with Gasteiger partial charge < -0.3 is 0 Å². The van der Waals surface area contributed by atoms with E-state index >= 15 is 0 Å². The summed E-state index contributed by atoms with van der Waals surface area (Å²) < 4.78 is 23.9. The molecular formula is C19H21N3O3S2. The molecule has 0 fully saturated rings. The molecule has 2 N–H and O–H groups in total. The summed E-state index contributed by atoms with van der Waals surface area (Å²) in [6, 6.07) is 13.1. The lowest BCUT2D eigenvalue weighted by molar-refractivity contribution is 0.596. The molecule has 0 unspecified atom stereocenters. The minimum absolute atomic E-state index is 0.0960. The number of primary sulfonamides is 1. The average molecular weight is 404 g/mol. The van der Waals surface area contributed by atoms with Crippen LogP contribution in [0.3, 0.4) is 0 Å². The highest BCUT2D eigenvalue weighted by atomic mass is 32.2. The first-order valence-corrected chi connectivity index (χ1v) is 11.2. The van der Waals surface area contributed by atoms with Gasteiger partial charge >= 0.3 is 0 Å². The van der Waals surface area contributed by atoms with Crippen LogP contribution >= 0.6 is 11.8 Å². The van der Waals surface area contributed by atoms with Crippen molar-refractivity contribution in [3.05, 3.63) is 63.9 Å². The summed E-state index contributed by atoms with van der Waals surface area (Å²) in [5, 5.41) is 6.16. The Morgan fingerprint density at radius 3 is 2.41 bits per heavy atom. The third-order valence-electron chi connectivity index (χ3n) is 4.21. The van der Waals surface area contributed by atoms with E-state index in [1.807, 2.05) is 44.2 Å². The normalized spacial score (nSPS) is 11.8. The van der Waals surface area contributed by atoms with Gasteiger partial charge in [0, 0.05) is 5.75 Å². The highest BCUT2D eigenvalue weighted by Crippen LogP contribution is 2.25. The van der Waals surface area contributed by atoms with Gasteiger partial charge in [0.2, 0.25) is 10.0 Å². The van der Waals surface area contributed by atoms with Crippen LogP contribution in [0.2, 0.25) is 0 Å². The minimum atomic E-state index is -3.50. The number of para-hydroxylation sites is 2. The number of sulfonamides is 1. The van der Waals surface area contributed by atoms with Gasteiger partial charge in [-0.3, -0.25) is 9.36 Å². The Morgan fingerprint density at radius 2 is 1.74 bits per heavy atom. The van der Waals surface area contributed by atoms with E-state index in [2.05, 4.69) is 4.98 Å². The number of hydrogen-bond acceptors (Lipinski definition) is 5. The topological polar surface area (TPSA) is 95.1 Å². The Labute approximate surface area is 162 Å². The van der Waals surface area contributed by atoms with Crippen molar-refractivity contribution in [3.8, 4) is 5.69 Å². The largest absolute Gasteiger partial charge is 0.268 e. The number of rotatable bonds is 6. The van der Waals surface area contributed by atoms with Crippen LogP contribution in [0.1, 0.15) is 17.5 Å². The summed E-state index contributed by atoms with van der Waals surface area (Å²) in [5.41, 5.74) is 3.25. The molecule has 1 heterocycles. The molecule has 0 spiro atoms. The van der Waals surface area contributed by atoms with Gasteiger partial charge in [0.1, 0.15) is 0 Å². The first kappa shape index (κ1) is 19.6. The number of aryl methyl sites for hydroxylation is 2. The third kappa shape index (κ3) is 4.40. The molecule has 0 radical (unpaired) electrons. The van der Waals surface area contributed by atoms with Gasteiger partial charge in [0.05, 0.1) is 22.3 Å². The second-order valence-corrected chi connectivity index (χ2v) is 9.16. The molecule has 0 saturated heterocycles. The Bertz CT molecular complexity index is 1130. The van der Waals surface area contributed by atoms with Gasteiger partial charge in [-0.1, -0.05) is 42.1 Å². The SMILES string of the molecule is Cc1cccc(C)c1-n1c(SCCCS(N)(=O)=O)nc2ccccc2c1=O. The number of thioether (sulfide) groups is 1. The fraction of sp³-hybridized carbons (Fsp3) is 0.263. The molecule has 0 atom stereocenters. The maximum atomic E-state index is 13.2. The van der Waals surface area contributed by atoms with Gasteiger partial charge in [-0.2, -0.15) is 0 Å². The van der Waals surface area contributed by atoms with E-state index < -0.39 is 10.0 Å². The van der Waals surface area contributed by atoms with Crippen LogP contribution in [0, 0.1) is 13.8 Å². The standard InChI is InChI=1S/C19H21N3O3S2/c1-13-7-5-8-14(2)17(13)22-18(23)15-9-3-4-10-16(15)21-19(22)26-11-6-12-27(20,24)25/h3-5,7-10H,6,11-12H2,1-2H3,(H2,20,24,25). The molecular weight excluding hydrogens is 382 g/mol. The van der Waals surface area contributed by atoms with Crippen molar-refractivity contribution in [1.29, 1.82) is 0 Å². The Kier molecular flexibility index (Phi) is 5.69. The monoisotopic (exact) mass is 403 g/mol. The maximum absolute atomic E-state index is 13.2. The van der Waals surface area contributed by atoms with E-state index in [0.29, 0.717) is 28.2 Å². The number of nitrogens with zero attached hydrogens (tertiary/aromatic N) is 2. The lowest BCUT2D eigenvalue weighted by Crippen LogP contribution is -2.23. The van der Waals surface area contributed by atoms with E-state index in [1.54, 1.807) is 16.7 Å². The number of nitrogens with two attached hydrogens (primary N) is 1. The van der Waals surface area contributed by atoms with Gasteiger partial charge in [-0.25, -0.2) is 18.5 Å².